The predicted octanol–water partition coefficient (Wildman–Crippen LogP) is 3.51. The molecule has 1 aliphatic heterocycles. The second kappa shape index (κ2) is 2.88. The Hall–Kier alpha value is -0.980. The van der Waals surface area contributed by atoms with Gasteiger partial charge in [-0.05, 0) is 48.3 Å². The third-order valence-electron chi connectivity index (χ3n) is 5.48. The van der Waals surface area contributed by atoms with Gasteiger partial charge in [-0.3, -0.25) is 0 Å². The van der Waals surface area contributed by atoms with Crippen molar-refractivity contribution in [3.63, 3.8) is 0 Å². The number of hydrogen-bond acceptors (Lipinski definition) is 1. The molecular formula is C16H21N. The summed E-state index contributed by atoms with van der Waals surface area (Å²) in [5, 5.41) is 0. The van der Waals surface area contributed by atoms with Crippen molar-refractivity contribution < 1.29 is 0 Å². The van der Waals surface area contributed by atoms with E-state index in [0.29, 0.717) is 10.8 Å². The molecule has 2 fully saturated rings. The maximum atomic E-state index is 2.58. The van der Waals surface area contributed by atoms with Crippen molar-refractivity contribution >= 4 is 5.69 Å². The average molecular weight is 227 g/mol. The second-order valence-electron chi connectivity index (χ2n) is 6.79. The molecule has 90 valence electrons. The van der Waals surface area contributed by atoms with Crippen LogP contribution in [0.1, 0.15) is 44.2 Å². The van der Waals surface area contributed by atoms with Crippen LogP contribution in [0.4, 0.5) is 5.69 Å². The highest BCUT2D eigenvalue weighted by Gasteiger charge is 2.60. The van der Waals surface area contributed by atoms with Gasteiger partial charge in [-0.2, -0.15) is 0 Å². The molecule has 0 N–H and O–H groups in total. The predicted molar refractivity (Wildman–Crippen MR) is 71.7 cm³/mol. The molecule has 2 aliphatic carbocycles. The van der Waals surface area contributed by atoms with Crippen molar-refractivity contribution in [3.05, 3.63) is 29.3 Å². The molecule has 1 saturated heterocycles. The van der Waals surface area contributed by atoms with Gasteiger partial charge in [0.1, 0.15) is 0 Å². The van der Waals surface area contributed by atoms with Crippen LogP contribution in [0.15, 0.2) is 18.2 Å². The molecule has 1 nitrogen and oxygen atoms in total. The molecular weight excluding hydrogens is 206 g/mol. The van der Waals surface area contributed by atoms with E-state index in [4.69, 9.17) is 0 Å². The summed E-state index contributed by atoms with van der Waals surface area (Å²) in [6.07, 6.45) is 5.49. The smallest absolute Gasteiger partial charge is 0.0407 e. The van der Waals surface area contributed by atoms with E-state index < -0.39 is 0 Å². The Labute approximate surface area is 104 Å². The van der Waals surface area contributed by atoms with E-state index in [0.717, 1.165) is 0 Å². The average Bonchev–Trinajstić information content (AvgIpc) is 2.91. The van der Waals surface area contributed by atoms with E-state index in [2.05, 4.69) is 36.9 Å². The van der Waals surface area contributed by atoms with Crippen molar-refractivity contribution in [2.24, 2.45) is 5.41 Å². The van der Waals surface area contributed by atoms with Gasteiger partial charge in [0.25, 0.3) is 0 Å². The number of anilines is 1. The van der Waals surface area contributed by atoms with Crippen molar-refractivity contribution in [2.45, 2.75) is 44.9 Å². The van der Waals surface area contributed by atoms with Crippen molar-refractivity contribution in [1.82, 2.24) is 0 Å². The van der Waals surface area contributed by atoms with Gasteiger partial charge in [0, 0.05) is 24.2 Å². The summed E-state index contributed by atoms with van der Waals surface area (Å²) >= 11 is 0. The Morgan fingerprint density at radius 3 is 2.47 bits per heavy atom. The van der Waals surface area contributed by atoms with E-state index in [1.165, 1.54) is 38.8 Å². The molecule has 1 saturated carbocycles. The van der Waals surface area contributed by atoms with E-state index >= 15 is 0 Å². The van der Waals surface area contributed by atoms with E-state index in [1.807, 2.05) is 0 Å². The van der Waals surface area contributed by atoms with Crippen LogP contribution < -0.4 is 4.90 Å². The van der Waals surface area contributed by atoms with Gasteiger partial charge in [0.05, 0.1) is 0 Å². The third-order valence-corrected chi connectivity index (χ3v) is 5.48. The third kappa shape index (κ3) is 1.10. The second-order valence-corrected chi connectivity index (χ2v) is 6.79. The lowest BCUT2D eigenvalue weighted by molar-refractivity contribution is 0.293. The molecule has 1 aromatic carbocycles. The molecule has 1 heterocycles. The molecule has 1 spiro atoms. The van der Waals surface area contributed by atoms with Crippen LogP contribution in [0.2, 0.25) is 0 Å². The molecule has 1 aromatic rings. The zero-order valence-electron chi connectivity index (χ0n) is 10.9. The Bertz CT molecular complexity index is 478. The van der Waals surface area contributed by atoms with Gasteiger partial charge in [-0.25, -0.2) is 0 Å². The fourth-order valence-corrected chi connectivity index (χ4v) is 4.14. The highest BCUT2D eigenvalue weighted by molar-refractivity contribution is 5.66. The molecule has 4 rings (SSSR count). The van der Waals surface area contributed by atoms with Gasteiger partial charge < -0.3 is 4.90 Å². The Morgan fingerprint density at radius 1 is 1.12 bits per heavy atom. The van der Waals surface area contributed by atoms with Gasteiger partial charge in [0.15, 0.2) is 0 Å². The Morgan fingerprint density at radius 2 is 1.88 bits per heavy atom. The van der Waals surface area contributed by atoms with Crippen molar-refractivity contribution in [3.8, 4) is 0 Å². The molecule has 0 bridgehead atoms. The standard InChI is InChI=1S/C16H21N/c1-15(2)11-12-5-3-6-13(17-9-4-10-17)14(12)16(15)7-8-16/h3,5-6H,4,7-11H2,1-2H3. The molecule has 0 radical (unpaired) electrons. The topological polar surface area (TPSA) is 3.24 Å². The minimum atomic E-state index is 0.482. The number of rotatable bonds is 1. The Kier molecular flexibility index (Phi) is 1.69. The van der Waals surface area contributed by atoms with Crippen LogP contribution in [0.5, 0.6) is 0 Å². The molecule has 17 heavy (non-hydrogen) atoms. The zero-order valence-corrected chi connectivity index (χ0v) is 10.9. The van der Waals surface area contributed by atoms with Crippen molar-refractivity contribution in [1.29, 1.82) is 0 Å². The number of fused-ring (bicyclic) bond motifs is 2. The lowest BCUT2D eigenvalue weighted by Gasteiger charge is -2.37. The fourth-order valence-electron chi connectivity index (χ4n) is 4.14. The van der Waals surface area contributed by atoms with E-state index in [9.17, 15) is 0 Å². The van der Waals surface area contributed by atoms with Gasteiger partial charge >= 0.3 is 0 Å². The summed E-state index contributed by atoms with van der Waals surface area (Å²) in [6.45, 7) is 7.49. The maximum Gasteiger partial charge on any atom is 0.0407 e. The zero-order chi connectivity index (χ0) is 11.7. The molecule has 0 aromatic heterocycles. The highest BCUT2D eigenvalue weighted by atomic mass is 15.2. The lowest BCUT2D eigenvalue weighted by atomic mass is 9.76. The largest absolute Gasteiger partial charge is 0.371 e. The summed E-state index contributed by atoms with van der Waals surface area (Å²) in [5.74, 6) is 0. The van der Waals surface area contributed by atoms with Gasteiger partial charge in [-0.1, -0.05) is 26.0 Å². The van der Waals surface area contributed by atoms with Gasteiger partial charge in [0.2, 0.25) is 0 Å². The highest BCUT2D eigenvalue weighted by Crippen LogP contribution is 2.67. The molecule has 0 amide bonds. The molecule has 0 atom stereocenters. The van der Waals surface area contributed by atoms with Gasteiger partial charge in [-0.15, -0.1) is 0 Å². The normalized spacial score (nSPS) is 26.8. The van der Waals surface area contributed by atoms with Crippen LogP contribution in [-0.4, -0.2) is 13.1 Å². The number of nitrogens with zero attached hydrogens (tertiary/aromatic N) is 1. The summed E-state index contributed by atoms with van der Waals surface area (Å²) in [5.41, 5.74) is 5.95. The summed E-state index contributed by atoms with van der Waals surface area (Å²) in [4.78, 5) is 2.58. The molecule has 1 heteroatoms. The van der Waals surface area contributed by atoms with E-state index in [1.54, 1.807) is 16.8 Å². The van der Waals surface area contributed by atoms with Crippen LogP contribution in [0, 0.1) is 5.41 Å². The van der Waals surface area contributed by atoms with Crippen molar-refractivity contribution in [2.75, 3.05) is 18.0 Å². The maximum absolute atomic E-state index is 2.58. The monoisotopic (exact) mass is 227 g/mol. The Balaban J connectivity index is 1.89. The van der Waals surface area contributed by atoms with Crippen LogP contribution in [-0.2, 0) is 11.8 Å². The first kappa shape index (κ1) is 9.99. The van der Waals surface area contributed by atoms with Crippen LogP contribution >= 0.6 is 0 Å². The molecule has 3 aliphatic rings. The summed E-state index contributed by atoms with van der Waals surface area (Å²) < 4.78 is 0. The summed E-state index contributed by atoms with van der Waals surface area (Å²) in [6, 6.07) is 7.00. The number of benzene rings is 1. The first-order valence-corrected chi connectivity index (χ1v) is 7.01. The SMILES string of the molecule is CC1(C)Cc2cccc(N3CCC3)c2C12CC2. The molecule has 0 unspecified atom stereocenters. The quantitative estimate of drug-likeness (QED) is 0.709. The number of hydrogen-bond donors (Lipinski definition) is 0. The minimum Gasteiger partial charge on any atom is -0.371 e. The first-order chi connectivity index (χ1) is 8.14. The van der Waals surface area contributed by atoms with Crippen LogP contribution in [0.3, 0.4) is 0 Å². The first-order valence-electron chi connectivity index (χ1n) is 7.01. The summed E-state index contributed by atoms with van der Waals surface area (Å²) in [7, 11) is 0. The van der Waals surface area contributed by atoms with Crippen LogP contribution in [0.25, 0.3) is 0 Å². The van der Waals surface area contributed by atoms with E-state index in [-0.39, 0.29) is 0 Å². The lowest BCUT2D eigenvalue weighted by Crippen LogP contribution is -2.38. The fraction of sp³-hybridized carbons (Fsp3) is 0.625. The minimum absolute atomic E-state index is 0.482.